The minimum Gasteiger partial charge on any atom is -0.450 e. The Hall–Kier alpha value is -3.33. The molecule has 0 bridgehead atoms. The molecule has 0 atom stereocenters. The van der Waals surface area contributed by atoms with Crippen molar-refractivity contribution in [3.63, 3.8) is 0 Å². The Labute approximate surface area is 189 Å². The number of rotatable bonds is 5. The lowest BCUT2D eigenvalue weighted by Gasteiger charge is -2.33. The second kappa shape index (κ2) is 8.66. The van der Waals surface area contributed by atoms with Gasteiger partial charge >= 0.3 is 12.0 Å². The number of urea groups is 1. The van der Waals surface area contributed by atoms with E-state index >= 15 is 0 Å². The molecule has 1 aliphatic heterocycles. The van der Waals surface area contributed by atoms with Crippen LogP contribution in [0.25, 0.3) is 11.3 Å². The molecule has 32 heavy (non-hydrogen) atoms. The quantitative estimate of drug-likeness (QED) is 0.523. The van der Waals surface area contributed by atoms with Gasteiger partial charge in [0.1, 0.15) is 11.3 Å². The van der Waals surface area contributed by atoms with E-state index in [0.29, 0.717) is 40.1 Å². The van der Waals surface area contributed by atoms with Gasteiger partial charge in [-0.1, -0.05) is 30.7 Å². The molecule has 10 heteroatoms. The fourth-order valence-corrected chi connectivity index (χ4v) is 4.16. The largest absolute Gasteiger partial charge is 0.450 e. The Bertz CT molecular complexity index is 1070. The molecule has 2 aliphatic rings. The van der Waals surface area contributed by atoms with E-state index in [9.17, 15) is 19.2 Å². The lowest BCUT2D eigenvalue weighted by molar-refractivity contribution is -0.141. The predicted octanol–water partition coefficient (Wildman–Crippen LogP) is 3.29. The zero-order chi connectivity index (χ0) is 22.9. The van der Waals surface area contributed by atoms with E-state index in [4.69, 9.17) is 20.8 Å². The van der Waals surface area contributed by atoms with Crippen molar-refractivity contribution >= 4 is 35.4 Å². The maximum atomic E-state index is 12.8. The fourth-order valence-electron chi connectivity index (χ4n) is 3.93. The topological polar surface area (TPSA) is 118 Å². The second-order valence-corrected chi connectivity index (χ2v) is 8.50. The summed E-state index contributed by atoms with van der Waals surface area (Å²) >= 11 is 6.12. The number of ether oxygens (including phenoxy) is 1. The third-order valence-corrected chi connectivity index (χ3v) is 6.14. The average Bonchev–Trinajstić information content (AvgIpc) is 3.34. The van der Waals surface area contributed by atoms with Gasteiger partial charge in [-0.15, -0.1) is 0 Å². The molecule has 2 fully saturated rings. The molecule has 168 valence electrons. The number of carbonyl (C=O) groups is 4. The summed E-state index contributed by atoms with van der Waals surface area (Å²) in [6.07, 6.45) is 2.66. The van der Waals surface area contributed by atoms with Crippen molar-refractivity contribution in [1.29, 1.82) is 0 Å². The van der Waals surface area contributed by atoms with Crippen LogP contribution in [0.15, 0.2) is 40.8 Å². The first-order valence-corrected chi connectivity index (χ1v) is 10.6. The van der Waals surface area contributed by atoms with Gasteiger partial charge in [0.05, 0.1) is 5.02 Å². The number of hydrogen-bond donors (Lipinski definition) is 2. The van der Waals surface area contributed by atoms with Crippen molar-refractivity contribution in [2.75, 3.05) is 6.61 Å². The van der Waals surface area contributed by atoms with Gasteiger partial charge in [-0.3, -0.25) is 15.0 Å². The van der Waals surface area contributed by atoms with E-state index in [1.54, 1.807) is 30.3 Å². The second-order valence-electron chi connectivity index (χ2n) is 8.09. The highest BCUT2D eigenvalue weighted by Crippen LogP contribution is 2.35. The summed E-state index contributed by atoms with van der Waals surface area (Å²) in [5.41, 5.74) is 1.85. The van der Waals surface area contributed by atoms with Crippen molar-refractivity contribution in [1.82, 2.24) is 15.8 Å². The van der Waals surface area contributed by atoms with Crippen LogP contribution in [0.2, 0.25) is 5.02 Å². The number of hydrazine groups is 1. The number of halogens is 1. The van der Waals surface area contributed by atoms with E-state index in [1.807, 2.05) is 0 Å². The number of furan rings is 1. The van der Waals surface area contributed by atoms with Gasteiger partial charge in [0.15, 0.2) is 6.61 Å². The Morgan fingerprint density at radius 1 is 1.22 bits per heavy atom. The van der Waals surface area contributed by atoms with Crippen molar-refractivity contribution in [3.8, 4) is 11.3 Å². The molecule has 0 unspecified atom stereocenters. The Morgan fingerprint density at radius 3 is 2.66 bits per heavy atom. The number of carbonyl (C=O) groups excluding carboxylic acids is 4. The van der Waals surface area contributed by atoms with Crippen LogP contribution in [0, 0.1) is 5.92 Å². The minimum absolute atomic E-state index is 0.113. The molecule has 1 saturated carbocycles. The molecule has 0 radical (unpaired) electrons. The Morgan fingerprint density at radius 2 is 1.94 bits per heavy atom. The summed E-state index contributed by atoms with van der Waals surface area (Å²) in [4.78, 5) is 49.4. The molecule has 1 saturated heterocycles. The van der Waals surface area contributed by atoms with Crippen LogP contribution in [0.5, 0.6) is 0 Å². The van der Waals surface area contributed by atoms with Crippen LogP contribution in [-0.2, 0) is 14.3 Å². The Kier molecular flexibility index (Phi) is 5.92. The van der Waals surface area contributed by atoms with Gasteiger partial charge in [0.25, 0.3) is 11.8 Å². The average molecular weight is 460 g/mol. The summed E-state index contributed by atoms with van der Waals surface area (Å²) in [7, 11) is 0. The van der Waals surface area contributed by atoms with E-state index in [-0.39, 0.29) is 5.76 Å². The van der Waals surface area contributed by atoms with Crippen LogP contribution in [0.1, 0.15) is 43.2 Å². The van der Waals surface area contributed by atoms with Gasteiger partial charge in [-0.25, -0.2) is 9.59 Å². The standard InChI is InChI=1S/C22H22ClN3O6/c1-13-8-10-22(11-9-13)20(29)26(21(30)24-22)25-18(27)12-31-19(28)17-7-6-16(32-17)14-4-2-3-5-15(14)23/h2-7,13H,8-12H2,1H3,(H,24,30)(H,25,27). The maximum absolute atomic E-state index is 12.8. The Balaban J connectivity index is 1.32. The zero-order valence-electron chi connectivity index (χ0n) is 17.4. The fraction of sp³-hybridized carbons (Fsp3) is 0.364. The molecule has 4 rings (SSSR count). The minimum atomic E-state index is -0.975. The monoisotopic (exact) mass is 459 g/mol. The van der Waals surface area contributed by atoms with Gasteiger partial charge in [-0.05, 0) is 55.9 Å². The van der Waals surface area contributed by atoms with E-state index < -0.39 is 36.0 Å². The highest BCUT2D eigenvalue weighted by Gasteiger charge is 2.52. The molecule has 2 aromatic rings. The van der Waals surface area contributed by atoms with Gasteiger partial charge < -0.3 is 14.5 Å². The van der Waals surface area contributed by atoms with Crippen molar-refractivity contribution < 1.29 is 28.3 Å². The third-order valence-electron chi connectivity index (χ3n) is 5.81. The summed E-state index contributed by atoms with van der Waals surface area (Å²) < 4.78 is 10.4. The van der Waals surface area contributed by atoms with E-state index in [2.05, 4.69) is 17.7 Å². The lowest BCUT2D eigenvalue weighted by atomic mass is 9.77. The van der Waals surface area contributed by atoms with E-state index in [1.165, 1.54) is 6.07 Å². The van der Waals surface area contributed by atoms with Gasteiger partial charge in [0.2, 0.25) is 5.76 Å². The normalized spacial score (nSPS) is 22.7. The number of benzene rings is 1. The SMILES string of the molecule is CC1CCC2(CC1)NC(=O)N(NC(=O)COC(=O)c1ccc(-c3ccccc3Cl)o1)C2=O. The molecule has 2 heterocycles. The smallest absolute Gasteiger partial charge is 0.374 e. The van der Waals surface area contributed by atoms with Crippen LogP contribution < -0.4 is 10.7 Å². The number of nitrogens with one attached hydrogen (secondary N) is 2. The van der Waals surface area contributed by atoms with Crippen LogP contribution in [0.4, 0.5) is 4.79 Å². The molecule has 4 amide bonds. The van der Waals surface area contributed by atoms with Crippen LogP contribution >= 0.6 is 11.6 Å². The van der Waals surface area contributed by atoms with Crippen molar-refractivity contribution in [3.05, 3.63) is 47.2 Å². The number of nitrogens with zero attached hydrogens (tertiary/aromatic N) is 1. The molecule has 1 aromatic carbocycles. The number of imide groups is 1. The number of amides is 4. The lowest BCUT2D eigenvalue weighted by Crippen LogP contribution is -2.52. The van der Waals surface area contributed by atoms with Crippen molar-refractivity contribution in [2.45, 2.75) is 38.1 Å². The number of hydrogen-bond acceptors (Lipinski definition) is 6. The summed E-state index contributed by atoms with van der Waals surface area (Å²) in [6, 6.07) is 9.25. The molecule has 2 N–H and O–H groups in total. The maximum Gasteiger partial charge on any atom is 0.374 e. The van der Waals surface area contributed by atoms with Crippen LogP contribution in [0.3, 0.4) is 0 Å². The van der Waals surface area contributed by atoms with Crippen molar-refractivity contribution in [2.24, 2.45) is 5.92 Å². The first kappa shape index (κ1) is 21.9. The molecular weight excluding hydrogens is 438 g/mol. The first-order valence-electron chi connectivity index (χ1n) is 10.3. The highest BCUT2D eigenvalue weighted by atomic mass is 35.5. The zero-order valence-corrected chi connectivity index (χ0v) is 18.1. The predicted molar refractivity (Wildman–Crippen MR) is 113 cm³/mol. The first-order chi connectivity index (χ1) is 15.3. The molecule has 1 spiro atoms. The third kappa shape index (κ3) is 4.20. The van der Waals surface area contributed by atoms with Gasteiger partial charge in [-0.2, -0.15) is 5.01 Å². The summed E-state index contributed by atoms with van der Waals surface area (Å²) in [5.74, 6) is -1.44. The molecule has 9 nitrogen and oxygen atoms in total. The van der Waals surface area contributed by atoms with Crippen LogP contribution in [-0.4, -0.2) is 41.0 Å². The van der Waals surface area contributed by atoms with Gasteiger partial charge in [0, 0.05) is 5.56 Å². The number of esters is 1. The summed E-state index contributed by atoms with van der Waals surface area (Å²) in [6.45, 7) is 1.40. The highest BCUT2D eigenvalue weighted by molar-refractivity contribution is 6.33. The molecule has 1 aliphatic carbocycles. The summed E-state index contributed by atoms with van der Waals surface area (Å²) in [5, 5.41) is 3.82. The molecule has 1 aromatic heterocycles. The van der Waals surface area contributed by atoms with E-state index in [0.717, 1.165) is 12.8 Å². The molecular formula is C22H22ClN3O6.